The summed E-state index contributed by atoms with van der Waals surface area (Å²) in [7, 11) is 0. The second-order valence-electron chi connectivity index (χ2n) is 6.87. The van der Waals surface area contributed by atoms with Crippen molar-refractivity contribution >= 4 is 23.9 Å². The predicted molar refractivity (Wildman–Crippen MR) is 105 cm³/mol. The van der Waals surface area contributed by atoms with E-state index in [0.717, 1.165) is 11.1 Å². The first-order valence-corrected chi connectivity index (χ1v) is 9.11. The number of carbonyl (C=O) groups is 4. The molecule has 8 nitrogen and oxygen atoms in total. The molecule has 0 radical (unpaired) electrons. The van der Waals surface area contributed by atoms with Gasteiger partial charge in [-0.3, -0.25) is 9.59 Å². The molecule has 158 valence electrons. The van der Waals surface area contributed by atoms with Gasteiger partial charge in [-0.15, -0.1) is 0 Å². The molecule has 0 fully saturated rings. The van der Waals surface area contributed by atoms with Gasteiger partial charge in [0.1, 0.15) is 6.10 Å². The van der Waals surface area contributed by atoms with Crippen molar-refractivity contribution < 1.29 is 38.9 Å². The highest BCUT2D eigenvalue weighted by molar-refractivity contribution is 5.95. The maximum Gasteiger partial charge on any atom is 0.338 e. The van der Waals surface area contributed by atoms with Crippen molar-refractivity contribution in [2.24, 2.45) is 5.92 Å². The minimum Gasteiger partial charge on any atom is -0.480 e. The summed E-state index contributed by atoms with van der Waals surface area (Å²) in [5.74, 6) is -7.29. The maximum atomic E-state index is 12.5. The van der Waals surface area contributed by atoms with Crippen LogP contribution in [0.2, 0.25) is 0 Å². The molecule has 2 atom stereocenters. The summed E-state index contributed by atoms with van der Waals surface area (Å²) in [6.45, 7) is 4.93. The normalized spacial score (nSPS) is 12.7. The van der Waals surface area contributed by atoms with E-state index in [1.54, 1.807) is 24.3 Å². The molecule has 8 heteroatoms. The van der Waals surface area contributed by atoms with Crippen molar-refractivity contribution in [3.63, 3.8) is 0 Å². The van der Waals surface area contributed by atoms with E-state index in [0.29, 0.717) is 0 Å². The van der Waals surface area contributed by atoms with Gasteiger partial charge in [0.15, 0.2) is 12.0 Å². The van der Waals surface area contributed by atoms with Gasteiger partial charge < -0.3 is 19.7 Å². The Hall–Kier alpha value is -3.68. The molecule has 0 spiro atoms. The average molecular weight is 414 g/mol. The van der Waals surface area contributed by atoms with Crippen molar-refractivity contribution in [2.45, 2.75) is 33.0 Å². The summed E-state index contributed by atoms with van der Waals surface area (Å²) < 4.78 is 10.4. The van der Waals surface area contributed by atoms with Gasteiger partial charge in [0.05, 0.1) is 11.1 Å². The van der Waals surface area contributed by atoms with E-state index in [-0.39, 0.29) is 11.1 Å². The molecule has 0 saturated carbocycles. The number of esters is 2. The maximum absolute atomic E-state index is 12.5. The van der Waals surface area contributed by atoms with Crippen LogP contribution in [0.25, 0.3) is 0 Å². The van der Waals surface area contributed by atoms with Gasteiger partial charge in [0.2, 0.25) is 0 Å². The molecule has 0 aliphatic carbocycles. The fraction of sp³-hybridized carbons (Fsp3) is 0.273. The number of aliphatic carboxylic acids is 2. The Morgan fingerprint density at radius 3 is 1.43 bits per heavy atom. The lowest BCUT2D eigenvalue weighted by Gasteiger charge is -2.27. The van der Waals surface area contributed by atoms with E-state index in [1.807, 2.05) is 13.8 Å². The van der Waals surface area contributed by atoms with Gasteiger partial charge in [-0.1, -0.05) is 35.4 Å². The van der Waals surface area contributed by atoms with Crippen LogP contribution < -0.4 is 0 Å². The van der Waals surface area contributed by atoms with Gasteiger partial charge in [0.25, 0.3) is 0 Å². The fourth-order valence-electron chi connectivity index (χ4n) is 2.70. The van der Waals surface area contributed by atoms with E-state index in [9.17, 15) is 29.4 Å². The molecular formula is C22H22O8. The van der Waals surface area contributed by atoms with Crippen molar-refractivity contribution in [3.05, 3.63) is 70.8 Å². The van der Waals surface area contributed by atoms with Gasteiger partial charge in [-0.2, -0.15) is 0 Å². The molecular weight excluding hydrogens is 392 g/mol. The second-order valence-corrected chi connectivity index (χ2v) is 6.87. The Morgan fingerprint density at radius 1 is 0.700 bits per heavy atom. The zero-order valence-corrected chi connectivity index (χ0v) is 16.7. The number of carbonyl (C=O) groups excluding carboxylic acids is 2. The molecule has 0 amide bonds. The summed E-state index contributed by atoms with van der Waals surface area (Å²) in [5, 5.41) is 18.7. The summed E-state index contributed by atoms with van der Waals surface area (Å²) in [6.07, 6.45) is -3.09. The lowest BCUT2D eigenvalue weighted by molar-refractivity contribution is -0.164. The molecule has 2 N–H and O–H groups in total. The third-order valence-electron chi connectivity index (χ3n) is 4.43. The lowest BCUT2D eigenvalue weighted by Crippen LogP contribution is -2.46. The first kappa shape index (κ1) is 22.6. The fourth-order valence-corrected chi connectivity index (χ4v) is 2.70. The lowest BCUT2D eigenvalue weighted by atomic mass is 9.98. The molecule has 2 rings (SSSR count). The first-order chi connectivity index (χ1) is 14.1. The van der Waals surface area contributed by atoms with Gasteiger partial charge >= 0.3 is 23.9 Å². The number of aryl methyl sites for hydroxylation is 2. The number of hydrogen-bond acceptors (Lipinski definition) is 6. The van der Waals surface area contributed by atoms with E-state index in [2.05, 4.69) is 0 Å². The molecule has 0 aliphatic heterocycles. The van der Waals surface area contributed by atoms with Crippen LogP contribution >= 0.6 is 0 Å². The van der Waals surface area contributed by atoms with Crippen molar-refractivity contribution in [1.29, 1.82) is 0 Å². The summed E-state index contributed by atoms with van der Waals surface area (Å²) in [4.78, 5) is 47.9. The summed E-state index contributed by atoms with van der Waals surface area (Å²) >= 11 is 0. The Kier molecular flexibility index (Phi) is 7.30. The Bertz CT molecular complexity index is 917. The van der Waals surface area contributed by atoms with Crippen LogP contribution in [-0.2, 0) is 19.1 Å². The van der Waals surface area contributed by atoms with Gasteiger partial charge in [0, 0.05) is 0 Å². The number of benzene rings is 2. The third kappa shape index (κ3) is 5.66. The highest BCUT2D eigenvalue weighted by Gasteiger charge is 2.43. The monoisotopic (exact) mass is 414 g/mol. The molecule has 30 heavy (non-hydrogen) atoms. The van der Waals surface area contributed by atoms with Crippen molar-refractivity contribution in [1.82, 2.24) is 0 Å². The topological polar surface area (TPSA) is 127 Å². The van der Waals surface area contributed by atoms with Crippen LogP contribution in [0.3, 0.4) is 0 Å². The molecule has 2 aromatic carbocycles. The predicted octanol–water partition coefficient (Wildman–Crippen LogP) is 2.86. The van der Waals surface area contributed by atoms with Crippen molar-refractivity contribution in [3.8, 4) is 0 Å². The SMILES string of the molecule is Cc1ccc(C(=O)OC(C)C(OC(=O)c2ccc(C)cc2)C(C(=O)O)C(=O)O)cc1. The van der Waals surface area contributed by atoms with Crippen LogP contribution in [-0.4, -0.2) is 46.3 Å². The smallest absolute Gasteiger partial charge is 0.338 e. The zero-order valence-electron chi connectivity index (χ0n) is 16.7. The number of hydrogen-bond donors (Lipinski definition) is 2. The van der Waals surface area contributed by atoms with E-state index in [1.165, 1.54) is 31.2 Å². The Balaban J connectivity index is 2.27. The molecule has 0 saturated heterocycles. The van der Waals surface area contributed by atoms with Gasteiger partial charge in [-0.05, 0) is 45.0 Å². The zero-order chi connectivity index (χ0) is 22.4. The number of rotatable bonds is 8. The number of carboxylic acids is 2. The molecule has 0 aliphatic rings. The molecule has 0 bridgehead atoms. The van der Waals surface area contributed by atoms with E-state index in [4.69, 9.17) is 9.47 Å². The Morgan fingerprint density at radius 2 is 1.07 bits per heavy atom. The van der Waals surface area contributed by atoms with Crippen LogP contribution in [0.1, 0.15) is 38.8 Å². The highest BCUT2D eigenvalue weighted by atomic mass is 16.6. The highest BCUT2D eigenvalue weighted by Crippen LogP contribution is 2.20. The number of ether oxygens (including phenoxy) is 2. The van der Waals surface area contributed by atoms with Crippen LogP contribution in [0.4, 0.5) is 0 Å². The van der Waals surface area contributed by atoms with E-state index >= 15 is 0 Å². The average Bonchev–Trinajstić information content (AvgIpc) is 2.67. The summed E-state index contributed by atoms with van der Waals surface area (Å²) in [6, 6.07) is 12.6. The second kappa shape index (κ2) is 9.69. The molecule has 2 unspecified atom stereocenters. The van der Waals surface area contributed by atoms with Gasteiger partial charge in [-0.25, -0.2) is 9.59 Å². The molecule has 2 aromatic rings. The van der Waals surface area contributed by atoms with Crippen molar-refractivity contribution in [2.75, 3.05) is 0 Å². The molecule has 0 heterocycles. The van der Waals surface area contributed by atoms with Crippen LogP contribution in [0.15, 0.2) is 48.5 Å². The quantitative estimate of drug-likeness (QED) is 0.499. The number of carboxylic acid groups (broad SMARTS) is 2. The summed E-state index contributed by atoms with van der Waals surface area (Å²) in [5.41, 5.74) is 2.11. The third-order valence-corrected chi connectivity index (χ3v) is 4.43. The first-order valence-electron chi connectivity index (χ1n) is 9.11. The van der Waals surface area contributed by atoms with E-state index < -0.39 is 42.0 Å². The largest absolute Gasteiger partial charge is 0.480 e. The standard InChI is InChI=1S/C22H22O8/c1-12-4-8-15(9-5-12)21(27)29-14(3)18(17(19(23)24)20(25)26)30-22(28)16-10-6-13(2)7-11-16/h4-11,14,17-18H,1-3H3,(H,23,24)(H,25,26). The Labute approximate surface area is 173 Å². The van der Waals surface area contributed by atoms with Crippen LogP contribution in [0.5, 0.6) is 0 Å². The van der Waals surface area contributed by atoms with Crippen LogP contribution in [0, 0.1) is 19.8 Å². The minimum absolute atomic E-state index is 0.109. The molecule has 0 aromatic heterocycles. The minimum atomic E-state index is -2.12.